The number of rotatable bonds is 10. The Morgan fingerprint density at radius 3 is 2.55 bits per heavy atom. The van der Waals surface area contributed by atoms with E-state index in [-0.39, 0.29) is 47.0 Å². The highest BCUT2D eigenvalue weighted by Crippen LogP contribution is 2.44. The molecule has 2 aliphatic rings. The van der Waals surface area contributed by atoms with Crippen LogP contribution in [0.2, 0.25) is 5.02 Å². The molecule has 2 saturated heterocycles. The van der Waals surface area contributed by atoms with Crippen molar-refractivity contribution < 1.29 is 27.6 Å². The normalized spacial score (nSPS) is 20.2. The van der Waals surface area contributed by atoms with Crippen molar-refractivity contribution in [2.45, 2.75) is 76.9 Å². The Morgan fingerprint density at radius 1 is 1.10 bits per heavy atom. The van der Waals surface area contributed by atoms with E-state index < -0.39 is 22.5 Å². The van der Waals surface area contributed by atoms with Gasteiger partial charge >= 0.3 is 0 Å². The molecule has 1 aromatic heterocycles. The van der Waals surface area contributed by atoms with Gasteiger partial charge in [-0.25, -0.2) is 8.78 Å². The molecule has 1 atom stereocenters. The Bertz CT molecular complexity index is 1480. The number of hydrogen-bond donors (Lipinski definition) is 0. The Kier molecular flexibility index (Phi) is 8.45. The lowest BCUT2D eigenvalue weighted by molar-refractivity contribution is -0.136. The van der Waals surface area contributed by atoms with E-state index in [1.54, 1.807) is 0 Å². The van der Waals surface area contributed by atoms with Gasteiger partial charge in [0.25, 0.3) is 0 Å². The first-order valence-electron chi connectivity index (χ1n) is 14.4. The number of carbonyl (C=O) groups is 2. The summed E-state index contributed by atoms with van der Waals surface area (Å²) in [7, 11) is 0. The predicted molar refractivity (Wildman–Crippen MR) is 157 cm³/mol. The zero-order chi connectivity index (χ0) is 30.3. The number of hydrogen-bond acceptors (Lipinski definition) is 6. The summed E-state index contributed by atoms with van der Waals surface area (Å²) in [6, 6.07) is 12.4. The average molecular weight is 599 g/mol. The summed E-state index contributed by atoms with van der Waals surface area (Å²) in [5.41, 5.74) is -0.140. The van der Waals surface area contributed by atoms with E-state index in [9.17, 15) is 18.4 Å². The minimum Gasteiger partial charge on any atom is -0.375 e. The van der Waals surface area contributed by atoms with E-state index in [0.29, 0.717) is 37.2 Å². The lowest BCUT2D eigenvalue weighted by Crippen LogP contribution is -2.63. The van der Waals surface area contributed by atoms with Crippen LogP contribution in [0.5, 0.6) is 0 Å². The van der Waals surface area contributed by atoms with Crippen LogP contribution in [0.25, 0.3) is 11.3 Å². The lowest BCUT2D eigenvalue weighted by atomic mass is 9.68. The topological polar surface area (TPSA) is 72.6 Å². The second kappa shape index (κ2) is 11.6. The number of Topliss-reactive ketones (excluding diaryl/α,β-unsaturated/α-hetero) is 2. The Labute approximate surface area is 250 Å². The molecule has 0 aliphatic carbocycles. The fourth-order valence-corrected chi connectivity index (χ4v) is 6.70. The van der Waals surface area contributed by atoms with Crippen molar-refractivity contribution in [2.24, 2.45) is 5.41 Å². The first-order valence-corrected chi connectivity index (χ1v) is 14.7. The molecule has 5 rings (SSSR count). The van der Waals surface area contributed by atoms with E-state index in [2.05, 4.69) is 23.9 Å². The largest absolute Gasteiger partial charge is 0.375 e. The van der Waals surface area contributed by atoms with Gasteiger partial charge in [-0.1, -0.05) is 42.7 Å². The summed E-state index contributed by atoms with van der Waals surface area (Å²) < 4.78 is 38.9. The minimum atomic E-state index is -0.802. The SMILES string of the molecule is CC1(C)CC(N2CC(CC(=O)CC(C)(C)c3cccc(Cl)c3)(CC(=O)c3cc(-c4ccc(F)cc4F)on3)C2)CCO1. The van der Waals surface area contributed by atoms with Crippen LogP contribution in [-0.4, -0.2) is 53.0 Å². The molecule has 0 spiro atoms. The second-order valence-electron chi connectivity index (χ2n) is 13.2. The maximum absolute atomic E-state index is 14.3. The van der Waals surface area contributed by atoms with Crippen LogP contribution in [0.15, 0.2) is 53.1 Å². The van der Waals surface area contributed by atoms with Crippen LogP contribution in [0.3, 0.4) is 0 Å². The van der Waals surface area contributed by atoms with Gasteiger partial charge < -0.3 is 9.26 Å². The fraction of sp³-hybridized carbons (Fsp3) is 0.485. The number of ketones is 2. The highest BCUT2D eigenvalue weighted by Gasteiger charge is 2.49. The van der Waals surface area contributed by atoms with Crippen LogP contribution in [0.1, 0.15) is 75.9 Å². The zero-order valence-corrected chi connectivity index (χ0v) is 25.3. The van der Waals surface area contributed by atoms with E-state index in [4.69, 9.17) is 20.9 Å². The van der Waals surface area contributed by atoms with E-state index in [1.807, 2.05) is 38.1 Å². The molecule has 1 unspecified atom stereocenters. The quantitative estimate of drug-likeness (QED) is 0.226. The highest BCUT2D eigenvalue weighted by molar-refractivity contribution is 6.30. The molecule has 6 nitrogen and oxygen atoms in total. The maximum Gasteiger partial charge on any atom is 0.185 e. The number of benzene rings is 2. The van der Waals surface area contributed by atoms with Gasteiger partial charge in [0.2, 0.25) is 0 Å². The molecule has 0 N–H and O–H groups in total. The second-order valence-corrected chi connectivity index (χ2v) is 13.7. The monoisotopic (exact) mass is 598 g/mol. The molecule has 2 aromatic carbocycles. The van der Waals surface area contributed by atoms with Crippen LogP contribution in [0.4, 0.5) is 8.78 Å². The van der Waals surface area contributed by atoms with Gasteiger partial charge in [0.15, 0.2) is 11.5 Å². The first kappa shape index (κ1) is 30.5. The fourth-order valence-electron chi connectivity index (χ4n) is 6.51. The van der Waals surface area contributed by atoms with Gasteiger partial charge in [0, 0.05) is 67.6 Å². The van der Waals surface area contributed by atoms with E-state index >= 15 is 0 Å². The number of aromatic nitrogens is 1. The van der Waals surface area contributed by atoms with Crippen molar-refractivity contribution in [1.29, 1.82) is 0 Å². The molecule has 3 aromatic rings. The Balaban J connectivity index is 1.33. The zero-order valence-electron chi connectivity index (χ0n) is 24.5. The molecule has 9 heteroatoms. The van der Waals surface area contributed by atoms with Crippen molar-refractivity contribution in [3.05, 3.63) is 76.4 Å². The summed E-state index contributed by atoms with van der Waals surface area (Å²) in [5, 5.41) is 4.52. The molecule has 3 heterocycles. The van der Waals surface area contributed by atoms with Crippen LogP contribution in [0, 0.1) is 17.0 Å². The third-order valence-electron chi connectivity index (χ3n) is 8.61. The van der Waals surface area contributed by atoms with Crippen LogP contribution >= 0.6 is 11.6 Å². The van der Waals surface area contributed by atoms with Gasteiger partial charge in [-0.05, 0) is 61.9 Å². The molecular weight excluding hydrogens is 562 g/mol. The van der Waals surface area contributed by atoms with Gasteiger partial charge in [0.05, 0.1) is 11.2 Å². The Morgan fingerprint density at radius 2 is 1.86 bits per heavy atom. The Hall–Kier alpha value is -2.94. The smallest absolute Gasteiger partial charge is 0.185 e. The van der Waals surface area contributed by atoms with Crippen molar-refractivity contribution >= 4 is 23.2 Å². The third-order valence-corrected chi connectivity index (χ3v) is 8.84. The van der Waals surface area contributed by atoms with Gasteiger partial charge in [-0.3, -0.25) is 14.5 Å². The molecule has 2 aliphatic heterocycles. The van der Waals surface area contributed by atoms with Crippen molar-refractivity contribution in [2.75, 3.05) is 19.7 Å². The van der Waals surface area contributed by atoms with Crippen molar-refractivity contribution in [3.63, 3.8) is 0 Å². The maximum atomic E-state index is 14.3. The molecule has 0 bridgehead atoms. The van der Waals surface area contributed by atoms with Crippen LogP contribution < -0.4 is 0 Å². The lowest BCUT2D eigenvalue weighted by Gasteiger charge is -2.55. The molecule has 2 fully saturated rings. The minimum absolute atomic E-state index is 0.0213. The van der Waals surface area contributed by atoms with Crippen molar-refractivity contribution in [3.8, 4) is 11.3 Å². The molecule has 0 amide bonds. The predicted octanol–water partition coefficient (Wildman–Crippen LogP) is 7.43. The number of carbonyl (C=O) groups excluding carboxylic acids is 2. The van der Waals surface area contributed by atoms with Crippen LogP contribution in [-0.2, 0) is 14.9 Å². The number of ether oxygens (including phenoxy) is 1. The standard InChI is InChI=1S/C33H37ClF2N2O4/c1-31(2,21-6-5-7-22(34)12-21)16-25(39)17-33(19-38(20-33)24-10-11-41-32(3,4)15-24)18-29(40)28-14-30(42-37-28)26-9-8-23(35)13-27(26)36/h5-9,12-14,24H,10-11,15-20H2,1-4H3. The number of likely N-dealkylation sites (tertiary alicyclic amines) is 1. The summed E-state index contributed by atoms with van der Waals surface area (Å²) in [4.78, 5) is 29.5. The van der Waals surface area contributed by atoms with Crippen molar-refractivity contribution in [1.82, 2.24) is 10.1 Å². The third kappa shape index (κ3) is 6.82. The molecule has 0 radical (unpaired) electrons. The summed E-state index contributed by atoms with van der Waals surface area (Å²) in [5.74, 6) is -1.66. The molecule has 0 saturated carbocycles. The highest BCUT2D eigenvalue weighted by atomic mass is 35.5. The molecule has 224 valence electrons. The van der Waals surface area contributed by atoms with Gasteiger partial charge in [-0.2, -0.15) is 0 Å². The van der Waals surface area contributed by atoms with E-state index in [1.165, 1.54) is 12.1 Å². The summed E-state index contributed by atoms with van der Waals surface area (Å²) in [6.45, 7) is 10.1. The number of nitrogens with zero attached hydrogens (tertiary/aromatic N) is 2. The summed E-state index contributed by atoms with van der Waals surface area (Å²) >= 11 is 6.22. The summed E-state index contributed by atoms with van der Waals surface area (Å²) in [6.07, 6.45) is 2.45. The number of halogens is 3. The van der Waals surface area contributed by atoms with Gasteiger partial charge in [-0.15, -0.1) is 0 Å². The van der Waals surface area contributed by atoms with Gasteiger partial charge in [0.1, 0.15) is 23.1 Å². The first-order chi connectivity index (χ1) is 19.7. The molecule has 42 heavy (non-hydrogen) atoms. The average Bonchev–Trinajstić information content (AvgIpc) is 3.36. The molecular formula is C33H37ClF2N2O4. The van der Waals surface area contributed by atoms with E-state index in [0.717, 1.165) is 30.5 Å².